The SMILES string of the molecule is Cc1nn(C)c(Cl)c1/C=C/C(=O)NCC(C)(C)N1CCCC(C)C1. The van der Waals surface area contributed by atoms with Crippen molar-refractivity contribution in [3.63, 3.8) is 0 Å². The Bertz CT molecular complexity index is 621. The number of piperidine rings is 1. The largest absolute Gasteiger partial charge is 0.351 e. The number of nitrogens with one attached hydrogen (secondary N) is 1. The summed E-state index contributed by atoms with van der Waals surface area (Å²) in [6.45, 7) is 11.4. The van der Waals surface area contributed by atoms with E-state index in [0.29, 0.717) is 11.7 Å². The highest BCUT2D eigenvalue weighted by molar-refractivity contribution is 6.31. The van der Waals surface area contributed by atoms with Gasteiger partial charge >= 0.3 is 0 Å². The minimum Gasteiger partial charge on any atom is -0.351 e. The van der Waals surface area contributed by atoms with Crippen molar-refractivity contribution in [2.45, 2.75) is 46.1 Å². The van der Waals surface area contributed by atoms with Gasteiger partial charge in [0.15, 0.2) is 0 Å². The molecule has 1 aromatic rings. The summed E-state index contributed by atoms with van der Waals surface area (Å²) in [4.78, 5) is 14.6. The highest BCUT2D eigenvalue weighted by Gasteiger charge is 2.30. The lowest BCUT2D eigenvalue weighted by Crippen LogP contribution is -2.54. The topological polar surface area (TPSA) is 50.2 Å². The maximum Gasteiger partial charge on any atom is 0.244 e. The number of rotatable bonds is 5. The molecule has 1 atom stereocenters. The Morgan fingerprint density at radius 3 is 2.79 bits per heavy atom. The van der Waals surface area contributed by atoms with Crippen molar-refractivity contribution < 1.29 is 4.79 Å². The number of halogens is 1. The Hall–Kier alpha value is -1.33. The van der Waals surface area contributed by atoms with Gasteiger partial charge in [0, 0.05) is 37.3 Å². The second-order valence-electron chi connectivity index (χ2n) is 7.47. The number of carbonyl (C=O) groups is 1. The van der Waals surface area contributed by atoms with Gasteiger partial charge in [0.2, 0.25) is 5.91 Å². The van der Waals surface area contributed by atoms with E-state index >= 15 is 0 Å². The van der Waals surface area contributed by atoms with Gasteiger partial charge in [0.05, 0.1) is 5.69 Å². The van der Waals surface area contributed by atoms with Crippen LogP contribution in [0.1, 0.15) is 44.9 Å². The molecule has 0 aromatic carbocycles. The number of amides is 1. The molecule has 0 aliphatic carbocycles. The third kappa shape index (κ3) is 4.61. The van der Waals surface area contributed by atoms with E-state index in [4.69, 9.17) is 11.6 Å². The van der Waals surface area contributed by atoms with Gasteiger partial charge < -0.3 is 5.32 Å². The molecule has 134 valence electrons. The van der Waals surface area contributed by atoms with Gasteiger partial charge in [-0.15, -0.1) is 0 Å². The van der Waals surface area contributed by atoms with Crippen LogP contribution < -0.4 is 5.32 Å². The quantitative estimate of drug-likeness (QED) is 0.829. The van der Waals surface area contributed by atoms with Crippen molar-refractivity contribution in [3.8, 4) is 0 Å². The molecule has 6 heteroatoms. The molecule has 1 N–H and O–H groups in total. The van der Waals surface area contributed by atoms with Crippen LogP contribution in [0.25, 0.3) is 6.08 Å². The summed E-state index contributed by atoms with van der Waals surface area (Å²) in [5, 5.41) is 7.79. The van der Waals surface area contributed by atoms with Crippen molar-refractivity contribution in [1.82, 2.24) is 20.0 Å². The summed E-state index contributed by atoms with van der Waals surface area (Å²) in [5.41, 5.74) is 1.56. The van der Waals surface area contributed by atoms with Crippen LogP contribution in [0.3, 0.4) is 0 Å². The average Bonchev–Trinajstić information content (AvgIpc) is 2.76. The van der Waals surface area contributed by atoms with E-state index in [0.717, 1.165) is 30.3 Å². The maximum absolute atomic E-state index is 12.2. The lowest BCUT2D eigenvalue weighted by molar-refractivity contribution is -0.117. The van der Waals surface area contributed by atoms with E-state index < -0.39 is 0 Å². The molecule has 0 saturated carbocycles. The van der Waals surface area contributed by atoms with Crippen molar-refractivity contribution >= 4 is 23.6 Å². The van der Waals surface area contributed by atoms with Gasteiger partial charge in [-0.05, 0) is 52.2 Å². The molecule has 1 aromatic heterocycles. The summed E-state index contributed by atoms with van der Waals surface area (Å²) >= 11 is 6.17. The zero-order valence-electron chi connectivity index (χ0n) is 15.4. The first-order valence-electron chi connectivity index (χ1n) is 8.61. The number of likely N-dealkylation sites (tertiary alicyclic amines) is 1. The minimum atomic E-state index is -0.104. The van der Waals surface area contributed by atoms with Gasteiger partial charge in [-0.3, -0.25) is 14.4 Å². The van der Waals surface area contributed by atoms with Gasteiger partial charge in [-0.2, -0.15) is 5.10 Å². The Balaban J connectivity index is 1.91. The molecular formula is C18H29ClN4O. The van der Waals surface area contributed by atoms with Crippen LogP contribution in [-0.4, -0.2) is 45.8 Å². The standard InChI is InChI=1S/C18H29ClN4O/c1-13-7-6-10-23(11-13)18(3,4)12-20-16(24)9-8-15-14(2)21-22(5)17(15)19/h8-9,13H,6-7,10-12H2,1-5H3,(H,20,24)/b9-8+. The molecule has 1 saturated heterocycles. The van der Waals surface area contributed by atoms with Gasteiger partial charge in [0.25, 0.3) is 0 Å². The number of nitrogens with zero attached hydrogens (tertiary/aromatic N) is 3. The van der Waals surface area contributed by atoms with Gasteiger partial charge in [0.1, 0.15) is 5.15 Å². The van der Waals surface area contributed by atoms with Crippen LogP contribution in [0.2, 0.25) is 5.15 Å². The molecule has 1 amide bonds. The molecule has 2 rings (SSSR count). The highest BCUT2D eigenvalue weighted by Crippen LogP contribution is 2.23. The monoisotopic (exact) mass is 352 g/mol. The lowest BCUT2D eigenvalue weighted by Gasteiger charge is -2.43. The summed E-state index contributed by atoms with van der Waals surface area (Å²) < 4.78 is 1.61. The fourth-order valence-electron chi connectivity index (χ4n) is 3.21. The van der Waals surface area contributed by atoms with Gasteiger partial charge in [-0.1, -0.05) is 18.5 Å². The van der Waals surface area contributed by atoms with Crippen LogP contribution in [0.4, 0.5) is 0 Å². The molecule has 5 nitrogen and oxygen atoms in total. The molecule has 1 unspecified atom stereocenters. The number of hydrogen-bond acceptors (Lipinski definition) is 3. The molecule has 1 fully saturated rings. The molecule has 0 radical (unpaired) electrons. The zero-order chi connectivity index (χ0) is 17.9. The van der Waals surface area contributed by atoms with Crippen molar-refractivity contribution in [2.75, 3.05) is 19.6 Å². The van der Waals surface area contributed by atoms with E-state index in [1.54, 1.807) is 17.8 Å². The van der Waals surface area contributed by atoms with Crippen LogP contribution in [-0.2, 0) is 11.8 Å². The van der Waals surface area contributed by atoms with Crippen LogP contribution in [0, 0.1) is 12.8 Å². The van der Waals surface area contributed by atoms with Crippen molar-refractivity contribution in [3.05, 3.63) is 22.5 Å². The minimum absolute atomic E-state index is 0.0416. The first-order valence-corrected chi connectivity index (χ1v) is 8.98. The Labute approximate surface area is 150 Å². The fourth-order valence-corrected chi connectivity index (χ4v) is 3.45. The Kier molecular flexibility index (Phi) is 6.10. The fraction of sp³-hybridized carbons (Fsp3) is 0.667. The number of aryl methyl sites for hydroxylation is 2. The van der Waals surface area contributed by atoms with E-state index in [1.165, 1.54) is 18.9 Å². The molecule has 2 heterocycles. The predicted molar refractivity (Wildman–Crippen MR) is 99.0 cm³/mol. The lowest BCUT2D eigenvalue weighted by atomic mass is 9.93. The predicted octanol–water partition coefficient (Wildman–Crippen LogP) is 3.02. The van der Waals surface area contributed by atoms with Gasteiger partial charge in [-0.25, -0.2) is 0 Å². The van der Waals surface area contributed by atoms with Crippen molar-refractivity contribution in [1.29, 1.82) is 0 Å². The van der Waals surface area contributed by atoms with Crippen LogP contribution >= 0.6 is 11.6 Å². The number of carbonyl (C=O) groups excluding carboxylic acids is 1. The molecule has 0 spiro atoms. The third-order valence-corrected chi connectivity index (χ3v) is 5.25. The summed E-state index contributed by atoms with van der Waals surface area (Å²) in [5.74, 6) is 0.622. The molecule has 1 aliphatic heterocycles. The summed E-state index contributed by atoms with van der Waals surface area (Å²) in [7, 11) is 1.79. The van der Waals surface area contributed by atoms with Crippen molar-refractivity contribution in [2.24, 2.45) is 13.0 Å². The molecule has 24 heavy (non-hydrogen) atoms. The van der Waals surface area contributed by atoms with E-state index in [-0.39, 0.29) is 11.4 Å². The molecular weight excluding hydrogens is 324 g/mol. The normalized spacial score (nSPS) is 19.8. The zero-order valence-corrected chi connectivity index (χ0v) is 16.2. The second-order valence-corrected chi connectivity index (χ2v) is 7.83. The molecule has 1 aliphatic rings. The summed E-state index contributed by atoms with van der Waals surface area (Å²) in [6, 6.07) is 0. The first kappa shape index (κ1) is 19.0. The third-order valence-electron chi connectivity index (χ3n) is 4.81. The average molecular weight is 353 g/mol. The maximum atomic E-state index is 12.2. The van der Waals surface area contributed by atoms with E-state index in [9.17, 15) is 4.79 Å². The second kappa shape index (κ2) is 7.70. The van der Waals surface area contributed by atoms with Crippen LogP contribution in [0.5, 0.6) is 0 Å². The molecule has 0 bridgehead atoms. The van der Waals surface area contributed by atoms with E-state index in [2.05, 4.69) is 36.1 Å². The highest BCUT2D eigenvalue weighted by atomic mass is 35.5. The Morgan fingerprint density at radius 1 is 1.50 bits per heavy atom. The van der Waals surface area contributed by atoms with E-state index in [1.807, 2.05) is 6.92 Å². The Morgan fingerprint density at radius 2 is 2.21 bits per heavy atom. The van der Waals surface area contributed by atoms with Crippen LogP contribution in [0.15, 0.2) is 6.08 Å². The smallest absolute Gasteiger partial charge is 0.244 e. The number of aromatic nitrogens is 2. The summed E-state index contributed by atoms with van der Waals surface area (Å²) in [6.07, 6.45) is 5.80. The first-order chi connectivity index (χ1) is 11.2. The number of hydrogen-bond donors (Lipinski definition) is 1.